The third-order valence-electron chi connectivity index (χ3n) is 6.51. The summed E-state index contributed by atoms with van der Waals surface area (Å²) in [7, 11) is 0. The maximum atomic E-state index is 12.2. The third kappa shape index (κ3) is 4.09. The zero-order chi connectivity index (χ0) is 21.5. The second-order valence-electron chi connectivity index (χ2n) is 9.20. The summed E-state index contributed by atoms with van der Waals surface area (Å²) in [5, 5.41) is 1.09. The molecule has 2 aliphatic rings. The van der Waals surface area contributed by atoms with Crippen molar-refractivity contribution in [2.75, 3.05) is 31.1 Å². The van der Waals surface area contributed by atoms with Gasteiger partial charge < -0.3 is 9.32 Å². The number of aromatic nitrogens is 2. The van der Waals surface area contributed by atoms with Crippen LogP contribution in [0.5, 0.6) is 0 Å². The van der Waals surface area contributed by atoms with Crippen LogP contribution in [-0.4, -0.2) is 41.0 Å². The van der Waals surface area contributed by atoms with Gasteiger partial charge in [-0.15, -0.1) is 0 Å². The third-order valence-corrected chi connectivity index (χ3v) is 6.51. The van der Waals surface area contributed by atoms with Crippen LogP contribution in [0.1, 0.15) is 54.4 Å². The molecule has 0 saturated carbocycles. The highest BCUT2D eigenvalue weighted by Crippen LogP contribution is 2.29. The van der Waals surface area contributed by atoms with Crippen molar-refractivity contribution < 1.29 is 4.42 Å². The summed E-state index contributed by atoms with van der Waals surface area (Å²) in [6.07, 6.45) is 3.40. The van der Waals surface area contributed by atoms with Crippen molar-refractivity contribution in [2.24, 2.45) is 0 Å². The Balaban J connectivity index is 1.33. The number of piperazine rings is 1. The summed E-state index contributed by atoms with van der Waals surface area (Å²) in [6, 6.07) is 8.10. The van der Waals surface area contributed by atoms with Crippen LogP contribution in [0.2, 0.25) is 0 Å². The van der Waals surface area contributed by atoms with Crippen molar-refractivity contribution in [1.82, 2.24) is 14.9 Å². The van der Waals surface area contributed by atoms with E-state index < -0.39 is 0 Å². The predicted octanol–water partition coefficient (Wildman–Crippen LogP) is 3.83. The van der Waals surface area contributed by atoms with E-state index in [4.69, 9.17) is 9.40 Å². The molecule has 0 atom stereocenters. The molecule has 1 aliphatic carbocycles. The van der Waals surface area contributed by atoms with E-state index in [0.29, 0.717) is 5.92 Å². The van der Waals surface area contributed by atoms with Gasteiger partial charge in [-0.1, -0.05) is 13.8 Å². The van der Waals surface area contributed by atoms with Gasteiger partial charge in [-0.05, 0) is 55.0 Å². The first-order chi connectivity index (χ1) is 15.0. The van der Waals surface area contributed by atoms with E-state index in [1.54, 1.807) is 6.07 Å². The van der Waals surface area contributed by atoms with E-state index in [9.17, 15) is 4.79 Å². The van der Waals surface area contributed by atoms with Gasteiger partial charge in [0.25, 0.3) is 0 Å². The summed E-state index contributed by atoms with van der Waals surface area (Å²) < 4.78 is 5.54. The van der Waals surface area contributed by atoms with Gasteiger partial charge in [-0.2, -0.15) is 0 Å². The lowest BCUT2D eigenvalue weighted by atomic mass is 10.0. The maximum Gasteiger partial charge on any atom is 0.336 e. The number of benzene rings is 1. The second kappa shape index (κ2) is 8.08. The molecule has 0 N–H and O–H groups in total. The van der Waals surface area contributed by atoms with Crippen LogP contribution in [0.15, 0.2) is 33.5 Å². The first-order valence-electron chi connectivity index (χ1n) is 11.4. The van der Waals surface area contributed by atoms with Crippen LogP contribution in [-0.2, 0) is 19.4 Å². The molecular formula is C25H30N4O2. The van der Waals surface area contributed by atoms with Crippen molar-refractivity contribution in [3.05, 3.63) is 62.9 Å². The molecule has 1 fully saturated rings. The summed E-state index contributed by atoms with van der Waals surface area (Å²) in [4.78, 5) is 26.3. The van der Waals surface area contributed by atoms with Gasteiger partial charge in [0.2, 0.25) is 0 Å². The average Bonchev–Trinajstić information content (AvgIpc) is 3.20. The molecule has 6 heteroatoms. The Morgan fingerprint density at radius 3 is 2.48 bits per heavy atom. The molecule has 31 heavy (non-hydrogen) atoms. The van der Waals surface area contributed by atoms with Crippen molar-refractivity contribution in [3.8, 4) is 0 Å². The van der Waals surface area contributed by atoms with E-state index in [-0.39, 0.29) is 5.63 Å². The molecule has 1 aliphatic heterocycles. The minimum Gasteiger partial charge on any atom is -0.423 e. The minimum atomic E-state index is -0.253. The lowest BCUT2D eigenvalue weighted by Crippen LogP contribution is -2.46. The molecule has 0 spiro atoms. The zero-order valence-corrected chi connectivity index (χ0v) is 18.6. The summed E-state index contributed by atoms with van der Waals surface area (Å²) in [5.41, 5.74) is 5.33. The van der Waals surface area contributed by atoms with Crippen LogP contribution in [0.4, 0.5) is 5.82 Å². The molecule has 1 saturated heterocycles. The molecule has 5 rings (SSSR count). The largest absolute Gasteiger partial charge is 0.423 e. The van der Waals surface area contributed by atoms with E-state index in [2.05, 4.69) is 46.8 Å². The molecular weight excluding hydrogens is 388 g/mol. The number of anilines is 1. The first kappa shape index (κ1) is 20.2. The zero-order valence-electron chi connectivity index (χ0n) is 18.6. The van der Waals surface area contributed by atoms with Crippen molar-refractivity contribution in [3.63, 3.8) is 0 Å². The highest BCUT2D eigenvalue weighted by atomic mass is 16.4. The van der Waals surface area contributed by atoms with Gasteiger partial charge in [0.1, 0.15) is 17.2 Å². The van der Waals surface area contributed by atoms with Gasteiger partial charge in [0.15, 0.2) is 0 Å². The predicted molar refractivity (Wildman–Crippen MR) is 123 cm³/mol. The van der Waals surface area contributed by atoms with Gasteiger partial charge in [0, 0.05) is 61.9 Å². The quantitative estimate of drug-likeness (QED) is 0.600. The van der Waals surface area contributed by atoms with Crippen LogP contribution >= 0.6 is 0 Å². The van der Waals surface area contributed by atoms with Gasteiger partial charge >= 0.3 is 5.63 Å². The molecule has 3 aromatic rings. The number of hydrogen-bond acceptors (Lipinski definition) is 6. The highest BCUT2D eigenvalue weighted by molar-refractivity contribution is 5.82. The van der Waals surface area contributed by atoms with Crippen LogP contribution < -0.4 is 10.5 Å². The van der Waals surface area contributed by atoms with E-state index in [1.807, 2.05) is 6.92 Å². The second-order valence-corrected chi connectivity index (χ2v) is 9.20. The Labute approximate surface area is 182 Å². The smallest absolute Gasteiger partial charge is 0.336 e. The molecule has 1 aromatic carbocycles. The summed E-state index contributed by atoms with van der Waals surface area (Å²) in [6.45, 7) is 10.8. The van der Waals surface area contributed by atoms with Crippen LogP contribution in [0.25, 0.3) is 11.0 Å². The van der Waals surface area contributed by atoms with Crippen LogP contribution in [0.3, 0.4) is 0 Å². The van der Waals surface area contributed by atoms with Gasteiger partial charge in [-0.3, -0.25) is 4.90 Å². The number of nitrogens with zero attached hydrogens (tertiary/aromatic N) is 4. The van der Waals surface area contributed by atoms with Gasteiger partial charge in [-0.25, -0.2) is 14.8 Å². The Morgan fingerprint density at radius 2 is 1.74 bits per heavy atom. The summed E-state index contributed by atoms with van der Waals surface area (Å²) >= 11 is 0. The molecule has 162 valence electrons. The molecule has 6 nitrogen and oxygen atoms in total. The normalized spacial score (nSPS) is 17.0. The Bertz CT molecular complexity index is 1180. The fraction of sp³-hybridized carbons (Fsp3) is 0.480. The van der Waals surface area contributed by atoms with Crippen molar-refractivity contribution in [2.45, 2.75) is 52.5 Å². The fourth-order valence-corrected chi connectivity index (χ4v) is 4.80. The monoisotopic (exact) mass is 418 g/mol. The number of hydrogen-bond donors (Lipinski definition) is 0. The molecule has 0 radical (unpaired) electrons. The van der Waals surface area contributed by atoms with E-state index in [1.165, 1.54) is 17.5 Å². The number of aryl methyl sites for hydroxylation is 3. The Hall–Kier alpha value is -2.73. The van der Waals surface area contributed by atoms with E-state index >= 15 is 0 Å². The lowest BCUT2D eigenvalue weighted by Gasteiger charge is -2.35. The van der Waals surface area contributed by atoms with Crippen molar-refractivity contribution >= 4 is 16.8 Å². The number of rotatable bonds is 4. The SMILES string of the molecule is Cc1cc(N2CCN(Cc3cc(=O)oc4cc5c(cc34)CCC5)CC2)nc(C(C)C)n1. The van der Waals surface area contributed by atoms with Gasteiger partial charge in [0.05, 0.1) is 0 Å². The summed E-state index contributed by atoms with van der Waals surface area (Å²) in [5.74, 6) is 2.25. The minimum absolute atomic E-state index is 0.253. The highest BCUT2D eigenvalue weighted by Gasteiger charge is 2.21. The lowest BCUT2D eigenvalue weighted by molar-refractivity contribution is 0.249. The maximum absolute atomic E-state index is 12.2. The first-order valence-corrected chi connectivity index (χ1v) is 11.4. The Morgan fingerprint density at radius 1 is 1.00 bits per heavy atom. The Kier molecular flexibility index (Phi) is 5.26. The van der Waals surface area contributed by atoms with Crippen molar-refractivity contribution in [1.29, 1.82) is 0 Å². The standard InChI is InChI=1S/C25H30N4O2/c1-16(2)25-26-17(3)11-23(27-25)29-9-7-28(8-10-29)15-20-14-24(30)31-22-13-19-6-4-5-18(19)12-21(20)22/h11-14,16H,4-10,15H2,1-3H3. The topological polar surface area (TPSA) is 62.5 Å². The average molecular weight is 419 g/mol. The molecule has 0 amide bonds. The molecule has 0 bridgehead atoms. The van der Waals surface area contributed by atoms with Crippen LogP contribution in [0, 0.1) is 6.92 Å². The molecule has 3 heterocycles. The molecule has 0 unspecified atom stereocenters. The number of fused-ring (bicyclic) bond motifs is 2. The fourth-order valence-electron chi connectivity index (χ4n) is 4.80. The van der Waals surface area contributed by atoms with E-state index in [0.717, 1.165) is 79.4 Å². The molecule has 2 aromatic heterocycles.